The van der Waals surface area contributed by atoms with Crippen LogP contribution < -0.4 is 4.89 Å². The molecule has 0 aromatic rings. The first-order valence-corrected chi connectivity index (χ1v) is 22.7. The van der Waals surface area contributed by atoms with Gasteiger partial charge in [-0.2, -0.15) is 0 Å². The van der Waals surface area contributed by atoms with Crippen molar-refractivity contribution in [3.63, 3.8) is 0 Å². The van der Waals surface area contributed by atoms with E-state index in [1.165, 1.54) is 19.3 Å². The van der Waals surface area contributed by atoms with Crippen LogP contribution in [0.5, 0.6) is 0 Å². The second kappa shape index (κ2) is 37.2. The van der Waals surface area contributed by atoms with Crippen LogP contribution in [-0.4, -0.2) is 75.8 Å². The van der Waals surface area contributed by atoms with E-state index in [9.17, 15) is 23.8 Å². The van der Waals surface area contributed by atoms with Gasteiger partial charge >= 0.3 is 11.9 Å². The number of hydrogen-bond acceptors (Lipinski definition) is 9. The van der Waals surface area contributed by atoms with Crippen molar-refractivity contribution in [2.45, 2.75) is 142 Å². The number of quaternary nitrogens is 1. The lowest BCUT2D eigenvalue weighted by molar-refractivity contribution is -0.870. The SMILES string of the molecule is CCCCC/C=C\C/C=C\C/C=C\CCCCC(=O)OC[C@H](COP(=O)([O-])OCC[N+](C)(C)C)OC(=O)CCC/C=C\C/C=C\C/C=C\C=C\C(=O)CCCCC. The summed E-state index contributed by atoms with van der Waals surface area (Å²) < 4.78 is 33.7. The maximum atomic E-state index is 12.6. The average Bonchev–Trinajstić information content (AvgIpc) is 3.15. The molecule has 0 saturated carbocycles. The van der Waals surface area contributed by atoms with Crippen LogP contribution in [-0.2, 0) is 37.5 Å². The molecule has 324 valence electrons. The lowest BCUT2D eigenvalue weighted by atomic mass is 10.1. The zero-order valence-corrected chi connectivity index (χ0v) is 36.9. The summed E-state index contributed by atoms with van der Waals surface area (Å²) >= 11 is 0. The summed E-state index contributed by atoms with van der Waals surface area (Å²) in [5, 5.41) is 0. The Labute approximate surface area is 346 Å². The van der Waals surface area contributed by atoms with Gasteiger partial charge in [-0.3, -0.25) is 18.9 Å². The molecule has 0 amide bonds. The number of ether oxygens (including phenoxy) is 2. The van der Waals surface area contributed by atoms with Crippen molar-refractivity contribution in [2.24, 2.45) is 0 Å². The Hall–Kier alpha value is -3.14. The van der Waals surface area contributed by atoms with E-state index in [0.29, 0.717) is 36.7 Å². The van der Waals surface area contributed by atoms with Crippen molar-refractivity contribution in [1.82, 2.24) is 0 Å². The van der Waals surface area contributed by atoms with Gasteiger partial charge in [0.25, 0.3) is 7.82 Å². The number of rotatable bonds is 37. The van der Waals surface area contributed by atoms with Gasteiger partial charge in [0, 0.05) is 19.3 Å². The third-order valence-electron chi connectivity index (χ3n) is 8.36. The van der Waals surface area contributed by atoms with Crippen LogP contribution in [0.4, 0.5) is 0 Å². The van der Waals surface area contributed by atoms with E-state index in [2.05, 4.69) is 56.4 Å². The van der Waals surface area contributed by atoms with Crippen molar-refractivity contribution in [3.05, 3.63) is 85.1 Å². The molecule has 1 unspecified atom stereocenters. The van der Waals surface area contributed by atoms with E-state index in [1.54, 1.807) is 12.2 Å². The Morgan fingerprint density at radius 1 is 0.596 bits per heavy atom. The Bertz CT molecular complexity index is 1310. The minimum Gasteiger partial charge on any atom is -0.756 e. The largest absolute Gasteiger partial charge is 0.756 e. The van der Waals surface area contributed by atoms with Crippen LogP contribution in [0, 0.1) is 0 Å². The number of unbranched alkanes of at least 4 members (excludes halogenated alkanes) is 8. The Morgan fingerprint density at radius 3 is 1.70 bits per heavy atom. The maximum absolute atomic E-state index is 12.6. The second-order valence-electron chi connectivity index (χ2n) is 15.0. The highest BCUT2D eigenvalue weighted by Crippen LogP contribution is 2.38. The molecular formula is C46H76NO9P. The van der Waals surface area contributed by atoms with E-state index < -0.39 is 32.5 Å². The minimum absolute atomic E-state index is 0.0626. The molecular weight excluding hydrogens is 741 g/mol. The topological polar surface area (TPSA) is 128 Å². The summed E-state index contributed by atoms with van der Waals surface area (Å²) in [6, 6.07) is 0. The number of carbonyl (C=O) groups excluding carboxylic acids is 3. The van der Waals surface area contributed by atoms with Gasteiger partial charge in [-0.15, -0.1) is 0 Å². The highest BCUT2D eigenvalue weighted by molar-refractivity contribution is 7.45. The predicted octanol–water partition coefficient (Wildman–Crippen LogP) is 10.6. The van der Waals surface area contributed by atoms with E-state index >= 15 is 0 Å². The maximum Gasteiger partial charge on any atom is 0.306 e. The molecule has 2 atom stereocenters. The molecule has 0 aliphatic carbocycles. The molecule has 10 nitrogen and oxygen atoms in total. The zero-order valence-electron chi connectivity index (χ0n) is 36.0. The number of hydrogen-bond donors (Lipinski definition) is 0. The Morgan fingerprint density at radius 2 is 1.11 bits per heavy atom. The van der Waals surface area contributed by atoms with Crippen LogP contribution in [0.2, 0.25) is 0 Å². The third-order valence-corrected chi connectivity index (χ3v) is 9.33. The number of carbonyl (C=O) groups is 3. The van der Waals surface area contributed by atoms with Crippen molar-refractivity contribution < 1.29 is 46.8 Å². The quantitative estimate of drug-likeness (QED) is 0.0114. The molecule has 0 spiro atoms. The lowest BCUT2D eigenvalue weighted by Crippen LogP contribution is -2.37. The molecule has 57 heavy (non-hydrogen) atoms. The summed E-state index contributed by atoms with van der Waals surface area (Å²) in [6.07, 6.45) is 43.2. The molecule has 0 rings (SSSR count). The fourth-order valence-electron chi connectivity index (χ4n) is 4.96. The fraction of sp³-hybridized carbons (Fsp3) is 0.630. The zero-order chi connectivity index (χ0) is 42.3. The van der Waals surface area contributed by atoms with Crippen LogP contribution in [0.1, 0.15) is 136 Å². The number of allylic oxidation sites excluding steroid dienone is 14. The molecule has 0 aliphatic heterocycles. The first-order valence-electron chi connectivity index (χ1n) is 21.2. The second-order valence-corrected chi connectivity index (χ2v) is 16.4. The number of likely N-dealkylation sites (N-methyl/N-ethyl adjacent to an activating group) is 1. The summed E-state index contributed by atoms with van der Waals surface area (Å²) in [5.41, 5.74) is 0. The number of ketones is 1. The molecule has 11 heteroatoms. The first kappa shape index (κ1) is 53.9. The Balaban J connectivity index is 4.61. The normalized spacial score (nSPS) is 14.4. The van der Waals surface area contributed by atoms with Gasteiger partial charge in [0.2, 0.25) is 0 Å². The van der Waals surface area contributed by atoms with E-state index in [4.69, 9.17) is 18.5 Å². The van der Waals surface area contributed by atoms with Gasteiger partial charge in [0.1, 0.15) is 19.8 Å². The first-order chi connectivity index (χ1) is 27.4. The molecule has 0 radical (unpaired) electrons. The van der Waals surface area contributed by atoms with Gasteiger partial charge in [0.05, 0.1) is 27.7 Å². The Kier molecular flexibility index (Phi) is 35.1. The highest BCUT2D eigenvalue weighted by atomic mass is 31.2. The lowest BCUT2D eigenvalue weighted by Gasteiger charge is -2.28. The number of phosphoric acid groups is 1. The molecule has 0 heterocycles. The third kappa shape index (κ3) is 40.8. The van der Waals surface area contributed by atoms with Crippen molar-refractivity contribution >= 4 is 25.5 Å². The van der Waals surface area contributed by atoms with Gasteiger partial charge < -0.3 is 27.9 Å². The predicted molar refractivity (Wildman–Crippen MR) is 231 cm³/mol. The number of esters is 2. The standard InChI is InChI=1S/C46H76NO9P/c1-6-8-10-11-12-13-14-15-16-17-20-23-26-29-33-37-45(49)53-41-44(42-55-57(51,52)54-40-39-47(3,4)5)56-46(50)38-34-30-27-24-21-18-19-22-25-28-32-36-43(48)35-31-9-7-2/h12-13,15-16,18-20,23-25,27-28,32,36,44H,6-11,14,17,21-22,26,29-31,33-35,37-42H2,1-5H3/b13-12-,16-15-,19-18-,23-20-,27-24-,28-25-,36-32+/t44-/m1/s1. The number of phosphoric ester groups is 1. The van der Waals surface area contributed by atoms with Crippen molar-refractivity contribution in [3.8, 4) is 0 Å². The van der Waals surface area contributed by atoms with Crippen molar-refractivity contribution in [1.29, 1.82) is 0 Å². The minimum atomic E-state index is -4.67. The van der Waals surface area contributed by atoms with E-state index in [0.717, 1.165) is 64.2 Å². The molecule has 0 aromatic heterocycles. The van der Waals surface area contributed by atoms with Gasteiger partial charge in [-0.1, -0.05) is 119 Å². The van der Waals surface area contributed by atoms with Crippen LogP contribution >= 0.6 is 7.82 Å². The van der Waals surface area contributed by atoms with Gasteiger partial charge in [-0.25, -0.2) is 0 Å². The van der Waals surface area contributed by atoms with E-state index in [-0.39, 0.29) is 31.8 Å². The van der Waals surface area contributed by atoms with Gasteiger partial charge in [-0.05, 0) is 83.1 Å². The van der Waals surface area contributed by atoms with E-state index in [1.807, 2.05) is 51.5 Å². The summed E-state index contributed by atoms with van der Waals surface area (Å²) in [6.45, 7) is 3.87. The monoisotopic (exact) mass is 818 g/mol. The summed E-state index contributed by atoms with van der Waals surface area (Å²) in [4.78, 5) is 49.2. The highest BCUT2D eigenvalue weighted by Gasteiger charge is 2.21. The smallest absolute Gasteiger partial charge is 0.306 e. The van der Waals surface area contributed by atoms with Crippen LogP contribution in [0.3, 0.4) is 0 Å². The number of nitrogens with zero attached hydrogens (tertiary/aromatic N) is 1. The van der Waals surface area contributed by atoms with Crippen molar-refractivity contribution in [2.75, 3.05) is 47.5 Å². The fourth-order valence-corrected chi connectivity index (χ4v) is 5.69. The average molecular weight is 818 g/mol. The summed E-state index contributed by atoms with van der Waals surface area (Å²) in [5.74, 6) is -0.827. The molecule has 0 aromatic carbocycles. The molecule has 0 saturated heterocycles. The van der Waals surface area contributed by atoms with Crippen LogP contribution in [0.25, 0.3) is 0 Å². The van der Waals surface area contributed by atoms with Gasteiger partial charge in [0.15, 0.2) is 11.9 Å². The molecule has 0 fully saturated rings. The summed E-state index contributed by atoms with van der Waals surface area (Å²) in [7, 11) is 1.06. The molecule has 0 N–H and O–H groups in total. The molecule has 0 bridgehead atoms. The molecule has 0 aliphatic rings. The van der Waals surface area contributed by atoms with Crippen LogP contribution in [0.15, 0.2) is 85.1 Å².